The lowest BCUT2D eigenvalue weighted by Crippen LogP contribution is -2.33. The van der Waals surface area contributed by atoms with Gasteiger partial charge in [0.25, 0.3) is 0 Å². The largest absolute Gasteiger partial charge is 0.519 e. The normalized spacial score (nSPS) is 9.20. The number of hydrogen-bond donors (Lipinski definition) is 2. The highest BCUT2D eigenvalue weighted by Crippen LogP contribution is 2.05. The van der Waals surface area contributed by atoms with Crippen molar-refractivity contribution >= 4 is 12.0 Å². The minimum Gasteiger partial charge on any atom is -0.441 e. The van der Waals surface area contributed by atoms with E-state index in [9.17, 15) is 14.4 Å². The Hall–Kier alpha value is -2.25. The van der Waals surface area contributed by atoms with E-state index in [1.165, 1.54) is 13.8 Å². The predicted molar refractivity (Wildman–Crippen MR) is 70.2 cm³/mol. The minimum absolute atomic E-state index is 0.164. The maximum Gasteiger partial charge on any atom is 0.519 e. The summed E-state index contributed by atoms with van der Waals surface area (Å²) in [6.45, 7) is 7.26. The van der Waals surface area contributed by atoms with Gasteiger partial charge in [0, 0.05) is 20.0 Å². The fourth-order valence-corrected chi connectivity index (χ4v) is 1.09. The van der Waals surface area contributed by atoms with Crippen LogP contribution in [0, 0.1) is 6.92 Å². The van der Waals surface area contributed by atoms with E-state index in [0.29, 0.717) is 6.54 Å². The second-order valence-electron chi connectivity index (χ2n) is 3.42. The van der Waals surface area contributed by atoms with Crippen LogP contribution in [0.1, 0.15) is 32.3 Å². The van der Waals surface area contributed by atoms with Crippen molar-refractivity contribution in [2.45, 2.75) is 34.3 Å². The second-order valence-corrected chi connectivity index (χ2v) is 3.42. The lowest BCUT2D eigenvalue weighted by atomic mass is 10.4. The zero-order chi connectivity index (χ0) is 15.5. The summed E-state index contributed by atoms with van der Waals surface area (Å²) < 4.78 is 14.0. The van der Waals surface area contributed by atoms with E-state index in [0.717, 1.165) is 0 Å². The molecule has 0 spiro atoms. The van der Waals surface area contributed by atoms with Gasteiger partial charge in [-0.3, -0.25) is 4.79 Å². The van der Waals surface area contributed by atoms with Gasteiger partial charge in [0.05, 0.1) is 0 Å². The van der Waals surface area contributed by atoms with E-state index in [1.54, 1.807) is 0 Å². The van der Waals surface area contributed by atoms with Gasteiger partial charge in [-0.05, 0) is 6.92 Å². The third-order valence-electron chi connectivity index (χ3n) is 1.94. The molecule has 20 heavy (non-hydrogen) atoms. The van der Waals surface area contributed by atoms with Crippen molar-refractivity contribution in [2.75, 3.05) is 13.1 Å². The number of ether oxygens (including phenoxy) is 1. The molecule has 2 N–H and O–H groups in total. The zero-order valence-electron chi connectivity index (χ0n) is 12.1. The van der Waals surface area contributed by atoms with Gasteiger partial charge in [-0.15, -0.1) is 0 Å². The van der Waals surface area contributed by atoms with Crippen molar-refractivity contribution in [3.05, 3.63) is 22.1 Å². The van der Waals surface area contributed by atoms with Gasteiger partial charge < -0.3 is 24.2 Å². The highest BCUT2D eigenvalue weighted by atomic mass is 16.6. The summed E-state index contributed by atoms with van der Waals surface area (Å²) in [5, 5.41) is 4.91. The first kappa shape index (κ1) is 17.8. The van der Waals surface area contributed by atoms with Gasteiger partial charge >= 0.3 is 11.9 Å². The Morgan fingerprint density at radius 2 is 1.75 bits per heavy atom. The molecule has 0 radical (unpaired) electrons. The summed E-state index contributed by atoms with van der Waals surface area (Å²) >= 11 is 0. The van der Waals surface area contributed by atoms with Crippen molar-refractivity contribution < 1.29 is 23.2 Å². The number of amides is 2. The van der Waals surface area contributed by atoms with Crippen LogP contribution in [0.4, 0.5) is 4.79 Å². The van der Waals surface area contributed by atoms with E-state index in [-0.39, 0.29) is 30.6 Å². The van der Waals surface area contributed by atoms with Crippen LogP contribution in [-0.4, -0.2) is 25.1 Å². The lowest BCUT2D eigenvalue weighted by Gasteiger charge is -2.05. The summed E-state index contributed by atoms with van der Waals surface area (Å²) in [6.07, 6.45) is -0.677. The summed E-state index contributed by atoms with van der Waals surface area (Å²) in [5.74, 6) is -0.582. The third-order valence-corrected chi connectivity index (χ3v) is 1.94. The molecule has 0 saturated carbocycles. The first-order valence-corrected chi connectivity index (χ1v) is 6.23. The number of carbonyl (C=O) groups excluding carboxylic acids is 2. The van der Waals surface area contributed by atoms with E-state index < -0.39 is 11.9 Å². The van der Waals surface area contributed by atoms with Crippen molar-refractivity contribution in [1.82, 2.24) is 10.6 Å². The number of rotatable bonds is 5. The zero-order valence-corrected chi connectivity index (χ0v) is 12.1. The number of carbonyl (C=O) groups is 2. The van der Waals surface area contributed by atoms with Crippen LogP contribution < -0.4 is 16.5 Å². The fraction of sp³-hybridized carbons (Fsp3) is 0.583. The van der Waals surface area contributed by atoms with Crippen LogP contribution in [0.3, 0.4) is 0 Å². The molecular formula is C12H20N2O6. The summed E-state index contributed by atoms with van der Waals surface area (Å²) in [6, 6.07) is 0. The number of alkyl carbamates (subject to hydrolysis) is 1. The molecule has 8 heteroatoms. The lowest BCUT2D eigenvalue weighted by molar-refractivity contribution is -0.118. The molecule has 0 aliphatic carbocycles. The molecule has 0 bridgehead atoms. The van der Waals surface area contributed by atoms with E-state index in [4.69, 9.17) is 4.74 Å². The van der Waals surface area contributed by atoms with Gasteiger partial charge in [0.2, 0.25) is 5.91 Å². The van der Waals surface area contributed by atoms with Crippen molar-refractivity contribution in [3.8, 4) is 0 Å². The highest BCUT2D eigenvalue weighted by Gasteiger charge is 2.10. The second kappa shape index (κ2) is 9.65. The monoisotopic (exact) mass is 288 g/mol. The molecule has 114 valence electrons. The number of hydrogen-bond acceptors (Lipinski definition) is 6. The molecule has 0 fully saturated rings. The Morgan fingerprint density at radius 1 is 1.15 bits per heavy atom. The van der Waals surface area contributed by atoms with Gasteiger partial charge in [0.15, 0.2) is 18.1 Å². The van der Waals surface area contributed by atoms with E-state index in [2.05, 4.69) is 19.5 Å². The SMILES string of the molecule is CC.CC(=O)NCCNC(=O)OCc1oc(=O)oc1C. The molecule has 8 nitrogen and oxygen atoms in total. The van der Waals surface area contributed by atoms with Crippen molar-refractivity contribution in [3.63, 3.8) is 0 Å². The molecule has 0 aliphatic rings. The molecule has 0 atom stereocenters. The van der Waals surface area contributed by atoms with Crippen LogP contribution in [-0.2, 0) is 16.1 Å². The molecule has 1 rings (SSSR count). The Balaban J connectivity index is 0.00000172. The topological polar surface area (TPSA) is 111 Å². The van der Waals surface area contributed by atoms with Crippen LogP contribution in [0.15, 0.2) is 13.6 Å². The van der Waals surface area contributed by atoms with Gasteiger partial charge in [-0.2, -0.15) is 0 Å². The van der Waals surface area contributed by atoms with Gasteiger partial charge in [-0.1, -0.05) is 13.8 Å². The van der Waals surface area contributed by atoms with E-state index in [1.807, 2.05) is 13.8 Å². The molecule has 1 aromatic rings. The minimum atomic E-state index is -0.836. The Labute approximate surface area is 116 Å². The Morgan fingerprint density at radius 3 is 2.25 bits per heavy atom. The van der Waals surface area contributed by atoms with Crippen molar-refractivity contribution in [1.29, 1.82) is 0 Å². The smallest absolute Gasteiger partial charge is 0.441 e. The molecule has 0 unspecified atom stereocenters. The molecular weight excluding hydrogens is 268 g/mol. The summed E-state index contributed by atoms with van der Waals surface area (Å²) in [7, 11) is 0. The number of nitrogens with one attached hydrogen (secondary N) is 2. The number of aryl methyl sites for hydroxylation is 1. The van der Waals surface area contributed by atoms with Gasteiger partial charge in [0.1, 0.15) is 0 Å². The quantitative estimate of drug-likeness (QED) is 0.780. The molecule has 0 saturated heterocycles. The molecule has 1 aromatic heterocycles. The third kappa shape index (κ3) is 7.24. The molecule has 0 aliphatic heterocycles. The first-order valence-electron chi connectivity index (χ1n) is 6.23. The Bertz CT molecular complexity index is 477. The summed E-state index contributed by atoms with van der Waals surface area (Å²) in [5.41, 5.74) is 0. The highest BCUT2D eigenvalue weighted by molar-refractivity contribution is 5.73. The van der Waals surface area contributed by atoms with Crippen LogP contribution >= 0.6 is 0 Å². The standard InChI is InChI=1S/C10H14N2O6.C2H6/c1-6-8(18-10(15)17-6)5-16-9(14)12-4-3-11-7(2)13;1-2/h3-5H2,1-2H3,(H,11,13)(H,12,14);1-2H3. The molecule has 1 heterocycles. The predicted octanol–water partition coefficient (Wildman–Crippen LogP) is 0.930. The summed E-state index contributed by atoms with van der Waals surface area (Å²) in [4.78, 5) is 32.4. The first-order chi connectivity index (χ1) is 9.49. The fourth-order valence-electron chi connectivity index (χ4n) is 1.09. The van der Waals surface area contributed by atoms with Crippen LogP contribution in [0.25, 0.3) is 0 Å². The average Bonchev–Trinajstić information content (AvgIpc) is 2.73. The van der Waals surface area contributed by atoms with Gasteiger partial charge in [-0.25, -0.2) is 9.59 Å². The average molecular weight is 288 g/mol. The molecule has 2 amide bonds. The van der Waals surface area contributed by atoms with Crippen molar-refractivity contribution in [2.24, 2.45) is 0 Å². The maximum atomic E-state index is 11.2. The Kier molecular flexibility index (Phi) is 8.56. The van der Waals surface area contributed by atoms with Crippen LogP contribution in [0.2, 0.25) is 0 Å². The van der Waals surface area contributed by atoms with Crippen LogP contribution in [0.5, 0.6) is 0 Å². The van der Waals surface area contributed by atoms with E-state index >= 15 is 0 Å². The molecule has 0 aromatic carbocycles. The maximum absolute atomic E-state index is 11.2.